The summed E-state index contributed by atoms with van der Waals surface area (Å²) in [7, 11) is -3.59. The van der Waals surface area contributed by atoms with Crippen LogP contribution in [0.4, 0.5) is 5.82 Å². The molecule has 0 bridgehead atoms. The zero-order chi connectivity index (χ0) is 21.5. The van der Waals surface area contributed by atoms with Crippen LogP contribution in [0, 0.1) is 20.8 Å². The fourth-order valence-corrected chi connectivity index (χ4v) is 5.71. The lowest BCUT2D eigenvalue weighted by Gasteiger charge is -2.34. The third-order valence-electron chi connectivity index (χ3n) is 5.49. The molecule has 4 heterocycles. The Morgan fingerprint density at radius 1 is 1.00 bits per heavy atom. The lowest BCUT2D eigenvalue weighted by molar-refractivity contribution is 0.383. The molecule has 3 aromatic rings. The molecule has 0 unspecified atom stereocenters. The van der Waals surface area contributed by atoms with E-state index in [0.717, 1.165) is 17.5 Å². The second-order valence-corrected chi connectivity index (χ2v) is 9.16. The molecule has 0 atom stereocenters. The van der Waals surface area contributed by atoms with E-state index in [9.17, 15) is 8.42 Å². The van der Waals surface area contributed by atoms with Gasteiger partial charge in [-0.2, -0.15) is 9.40 Å². The van der Waals surface area contributed by atoms with Gasteiger partial charge in [-0.15, -0.1) is 0 Å². The largest absolute Gasteiger partial charge is 0.354 e. The number of hydrogen-bond donors (Lipinski definition) is 0. The normalized spacial score (nSPS) is 15.7. The second kappa shape index (κ2) is 7.80. The van der Waals surface area contributed by atoms with Gasteiger partial charge in [-0.25, -0.2) is 23.4 Å². The van der Waals surface area contributed by atoms with E-state index in [1.54, 1.807) is 22.1 Å². The minimum atomic E-state index is -3.59. The average molecular weight is 431 g/mol. The van der Waals surface area contributed by atoms with Gasteiger partial charge in [0.25, 0.3) is 0 Å². The number of imidazole rings is 1. The van der Waals surface area contributed by atoms with Crippen molar-refractivity contribution in [3.63, 3.8) is 0 Å². The van der Waals surface area contributed by atoms with Gasteiger partial charge in [0.1, 0.15) is 28.7 Å². The highest BCUT2D eigenvalue weighted by molar-refractivity contribution is 7.89. The van der Waals surface area contributed by atoms with Crippen LogP contribution in [-0.2, 0) is 16.6 Å². The van der Waals surface area contributed by atoms with Gasteiger partial charge in [-0.3, -0.25) is 9.25 Å². The minimum absolute atomic E-state index is 0.331. The van der Waals surface area contributed by atoms with Crippen LogP contribution >= 0.6 is 0 Å². The number of aryl methyl sites for hydroxylation is 3. The van der Waals surface area contributed by atoms with Crippen LogP contribution in [0.2, 0.25) is 0 Å². The Balaban J connectivity index is 1.52. The van der Waals surface area contributed by atoms with Gasteiger partial charge in [0.05, 0.1) is 11.4 Å². The lowest BCUT2D eigenvalue weighted by Crippen LogP contribution is -2.49. The first-order valence-corrected chi connectivity index (χ1v) is 11.4. The summed E-state index contributed by atoms with van der Waals surface area (Å²) in [6, 6.07) is 1.90. The number of anilines is 1. The molecule has 11 heteroatoms. The smallest absolute Gasteiger partial charge is 0.246 e. The molecule has 30 heavy (non-hydrogen) atoms. The van der Waals surface area contributed by atoms with Crippen LogP contribution in [0.1, 0.15) is 24.1 Å². The van der Waals surface area contributed by atoms with E-state index in [1.807, 2.05) is 37.6 Å². The van der Waals surface area contributed by atoms with Crippen molar-refractivity contribution in [2.75, 3.05) is 31.1 Å². The maximum Gasteiger partial charge on any atom is 0.246 e. The Labute approximate surface area is 176 Å². The van der Waals surface area contributed by atoms with E-state index in [1.165, 1.54) is 6.33 Å². The molecule has 160 valence electrons. The molecular weight excluding hydrogens is 404 g/mol. The van der Waals surface area contributed by atoms with E-state index in [0.29, 0.717) is 49.0 Å². The van der Waals surface area contributed by atoms with Gasteiger partial charge in [0, 0.05) is 51.2 Å². The summed E-state index contributed by atoms with van der Waals surface area (Å²) in [5.74, 6) is 2.36. The molecule has 0 aliphatic carbocycles. The molecule has 0 amide bonds. The topological polar surface area (TPSA) is 102 Å². The van der Waals surface area contributed by atoms with Gasteiger partial charge in [0.15, 0.2) is 0 Å². The summed E-state index contributed by atoms with van der Waals surface area (Å²) in [5, 5.41) is 4.37. The Kier molecular flexibility index (Phi) is 5.33. The molecule has 3 aromatic heterocycles. The van der Waals surface area contributed by atoms with Crippen LogP contribution in [0.15, 0.2) is 29.7 Å². The number of nitrogens with zero attached hydrogens (tertiary/aromatic N) is 8. The first-order chi connectivity index (χ1) is 14.3. The van der Waals surface area contributed by atoms with Crippen molar-refractivity contribution in [2.45, 2.75) is 39.1 Å². The maximum absolute atomic E-state index is 13.3. The predicted molar refractivity (Wildman–Crippen MR) is 112 cm³/mol. The van der Waals surface area contributed by atoms with Crippen molar-refractivity contribution >= 4 is 15.8 Å². The van der Waals surface area contributed by atoms with Crippen LogP contribution in [0.5, 0.6) is 0 Å². The molecule has 0 radical (unpaired) electrons. The van der Waals surface area contributed by atoms with E-state index < -0.39 is 10.0 Å². The van der Waals surface area contributed by atoms with Gasteiger partial charge in [-0.1, -0.05) is 0 Å². The number of piperazine rings is 1. The van der Waals surface area contributed by atoms with Crippen molar-refractivity contribution in [3.05, 3.63) is 42.0 Å². The predicted octanol–water partition coefficient (Wildman–Crippen LogP) is 1.31. The lowest BCUT2D eigenvalue weighted by atomic mass is 10.3. The number of hydrogen-bond acceptors (Lipinski definition) is 7. The summed E-state index contributed by atoms with van der Waals surface area (Å²) < 4.78 is 31.7. The molecular formula is C19H26N8O2S. The first kappa shape index (κ1) is 20.5. The van der Waals surface area contributed by atoms with Gasteiger partial charge in [0.2, 0.25) is 10.0 Å². The highest BCUT2D eigenvalue weighted by Crippen LogP contribution is 2.25. The number of aromatic nitrogens is 6. The third kappa shape index (κ3) is 3.47. The minimum Gasteiger partial charge on any atom is -0.354 e. The molecule has 0 N–H and O–H groups in total. The van der Waals surface area contributed by atoms with E-state index in [2.05, 4.69) is 25.0 Å². The Bertz CT molecular complexity index is 1160. The summed E-state index contributed by atoms with van der Waals surface area (Å²) in [6.07, 6.45) is 5.11. The van der Waals surface area contributed by atoms with Gasteiger partial charge < -0.3 is 4.90 Å². The maximum atomic E-state index is 13.3. The van der Waals surface area contributed by atoms with Crippen molar-refractivity contribution in [1.29, 1.82) is 0 Å². The zero-order valence-electron chi connectivity index (χ0n) is 17.6. The quantitative estimate of drug-likeness (QED) is 0.601. The van der Waals surface area contributed by atoms with Gasteiger partial charge in [-0.05, 0) is 27.7 Å². The fraction of sp³-hybridized carbons (Fsp3) is 0.474. The standard InChI is InChI=1S/C19H26N8O2S/c1-5-27-15(3)19(14(2)23-27)30(28,29)25-10-8-24(9-11-25)17-12-18(22-13-21-17)26-7-6-20-16(26)4/h6-7,12-13H,5,8-11H2,1-4H3. The van der Waals surface area contributed by atoms with Crippen molar-refractivity contribution in [1.82, 2.24) is 33.6 Å². The fourth-order valence-electron chi connectivity index (χ4n) is 3.91. The summed E-state index contributed by atoms with van der Waals surface area (Å²) in [5.41, 5.74) is 1.24. The summed E-state index contributed by atoms with van der Waals surface area (Å²) in [4.78, 5) is 15.4. The van der Waals surface area contributed by atoms with Crippen LogP contribution in [-0.4, -0.2) is 68.2 Å². The van der Waals surface area contributed by atoms with Gasteiger partial charge >= 0.3 is 0 Å². The number of rotatable bonds is 5. The van der Waals surface area contributed by atoms with Crippen molar-refractivity contribution in [2.24, 2.45) is 0 Å². The molecule has 1 saturated heterocycles. The van der Waals surface area contributed by atoms with E-state index in [-0.39, 0.29) is 0 Å². The Morgan fingerprint density at radius 3 is 2.30 bits per heavy atom. The molecule has 1 aliphatic rings. The molecule has 1 fully saturated rings. The van der Waals surface area contributed by atoms with Crippen LogP contribution in [0.3, 0.4) is 0 Å². The summed E-state index contributed by atoms with van der Waals surface area (Å²) >= 11 is 0. The SMILES string of the molecule is CCn1nc(C)c(S(=O)(=O)N2CCN(c3cc(-n4ccnc4C)ncn3)CC2)c1C. The highest BCUT2D eigenvalue weighted by Gasteiger charge is 2.33. The second-order valence-electron chi connectivity index (χ2n) is 7.29. The first-order valence-electron chi connectivity index (χ1n) is 9.94. The van der Waals surface area contributed by atoms with Crippen molar-refractivity contribution in [3.8, 4) is 5.82 Å². The highest BCUT2D eigenvalue weighted by atomic mass is 32.2. The molecule has 0 spiro atoms. The Morgan fingerprint density at radius 2 is 1.70 bits per heavy atom. The third-order valence-corrected chi connectivity index (χ3v) is 7.64. The summed E-state index contributed by atoms with van der Waals surface area (Å²) in [6.45, 7) is 9.96. The average Bonchev–Trinajstić information content (AvgIpc) is 3.30. The van der Waals surface area contributed by atoms with E-state index >= 15 is 0 Å². The number of sulfonamides is 1. The van der Waals surface area contributed by atoms with E-state index in [4.69, 9.17) is 0 Å². The van der Waals surface area contributed by atoms with Crippen LogP contribution in [0.25, 0.3) is 5.82 Å². The molecule has 4 rings (SSSR count). The molecule has 0 aromatic carbocycles. The molecule has 10 nitrogen and oxygen atoms in total. The van der Waals surface area contributed by atoms with Crippen LogP contribution < -0.4 is 4.90 Å². The molecule has 0 saturated carbocycles. The Hall–Kier alpha value is -2.79. The zero-order valence-corrected chi connectivity index (χ0v) is 18.5. The molecule has 1 aliphatic heterocycles. The van der Waals surface area contributed by atoms with Crippen molar-refractivity contribution < 1.29 is 8.42 Å². The monoisotopic (exact) mass is 430 g/mol.